The van der Waals surface area contributed by atoms with Crippen LogP contribution >= 0.6 is 34.3 Å². The lowest BCUT2D eigenvalue weighted by Crippen LogP contribution is -2.28. The van der Waals surface area contributed by atoms with E-state index in [2.05, 4.69) is 34.5 Å². The van der Waals surface area contributed by atoms with Crippen molar-refractivity contribution < 1.29 is 0 Å². The molecule has 0 aliphatic carbocycles. The third-order valence-electron chi connectivity index (χ3n) is 2.13. The number of aryl methyl sites for hydroxylation is 1. The monoisotopic (exact) mass is 287 g/mol. The van der Waals surface area contributed by atoms with Gasteiger partial charge in [-0.25, -0.2) is 9.97 Å². The number of rotatable bonds is 4. The summed E-state index contributed by atoms with van der Waals surface area (Å²) >= 11 is 9.10. The molecule has 0 radical (unpaired) electrons. The number of thiazole rings is 2. The minimum Gasteiger partial charge on any atom is -0.300 e. The van der Waals surface area contributed by atoms with E-state index in [0.717, 1.165) is 15.7 Å². The number of aromatic nitrogens is 2. The molecule has 6 heteroatoms. The van der Waals surface area contributed by atoms with Gasteiger partial charge in [-0.3, -0.25) is 0 Å². The van der Waals surface area contributed by atoms with E-state index in [4.69, 9.17) is 11.6 Å². The van der Waals surface area contributed by atoms with Crippen LogP contribution in [0.5, 0.6) is 0 Å². The second kappa shape index (κ2) is 5.44. The predicted molar refractivity (Wildman–Crippen MR) is 74.1 cm³/mol. The van der Waals surface area contributed by atoms with Gasteiger partial charge in [0.1, 0.15) is 20.4 Å². The Bertz CT molecular complexity index is 452. The largest absolute Gasteiger partial charge is 0.300 e. The van der Waals surface area contributed by atoms with Crippen molar-refractivity contribution in [1.29, 1.82) is 0 Å². The highest BCUT2D eigenvalue weighted by Crippen LogP contribution is 2.30. The average Bonchev–Trinajstić information content (AvgIpc) is 2.84. The lowest BCUT2D eigenvalue weighted by atomic mass is 10.2. The SMILES string of the molecule is Cc1csc(C(NC(C)C)c2ncc(Cl)s2)n1. The second-order valence-corrected chi connectivity index (χ2v) is 6.67. The van der Waals surface area contributed by atoms with E-state index in [1.807, 2.05) is 6.92 Å². The summed E-state index contributed by atoms with van der Waals surface area (Å²) in [5, 5.41) is 7.55. The van der Waals surface area contributed by atoms with Crippen LogP contribution in [-0.2, 0) is 0 Å². The summed E-state index contributed by atoms with van der Waals surface area (Å²) in [6, 6.07) is 0.415. The van der Waals surface area contributed by atoms with Gasteiger partial charge < -0.3 is 5.32 Å². The third kappa shape index (κ3) is 3.25. The van der Waals surface area contributed by atoms with Crippen molar-refractivity contribution in [3.63, 3.8) is 0 Å². The van der Waals surface area contributed by atoms with Crippen molar-refractivity contribution >= 4 is 34.3 Å². The molecule has 0 amide bonds. The summed E-state index contributed by atoms with van der Waals surface area (Å²) in [6.07, 6.45) is 1.69. The molecule has 0 fully saturated rings. The zero-order valence-electron chi connectivity index (χ0n) is 9.90. The molecule has 0 bridgehead atoms. The molecule has 2 aromatic rings. The first kappa shape index (κ1) is 13.0. The van der Waals surface area contributed by atoms with Crippen molar-refractivity contribution in [1.82, 2.24) is 15.3 Å². The Balaban J connectivity index is 2.31. The van der Waals surface area contributed by atoms with Gasteiger partial charge in [-0.1, -0.05) is 11.6 Å². The van der Waals surface area contributed by atoms with Crippen molar-refractivity contribution in [2.24, 2.45) is 0 Å². The van der Waals surface area contributed by atoms with Crippen LogP contribution in [0.4, 0.5) is 0 Å². The molecule has 1 N–H and O–H groups in total. The van der Waals surface area contributed by atoms with Gasteiger partial charge in [0.05, 0.1) is 6.20 Å². The van der Waals surface area contributed by atoms with Gasteiger partial charge in [-0.2, -0.15) is 0 Å². The summed E-state index contributed by atoms with van der Waals surface area (Å²) in [7, 11) is 0. The van der Waals surface area contributed by atoms with Crippen LogP contribution in [0.25, 0.3) is 0 Å². The maximum Gasteiger partial charge on any atom is 0.118 e. The molecule has 2 aromatic heterocycles. The minimum absolute atomic E-state index is 0.0474. The zero-order chi connectivity index (χ0) is 12.4. The van der Waals surface area contributed by atoms with Gasteiger partial charge in [0.25, 0.3) is 0 Å². The van der Waals surface area contributed by atoms with E-state index in [-0.39, 0.29) is 6.04 Å². The molecule has 1 unspecified atom stereocenters. The summed E-state index contributed by atoms with van der Waals surface area (Å²) in [5.41, 5.74) is 1.04. The number of nitrogens with zero attached hydrogens (tertiary/aromatic N) is 2. The fraction of sp³-hybridized carbons (Fsp3) is 0.455. The Morgan fingerprint density at radius 3 is 2.59 bits per heavy atom. The first-order valence-corrected chi connectivity index (χ1v) is 7.43. The van der Waals surface area contributed by atoms with Crippen molar-refractivity contribution in [3.8, 4) is 0 Å². The molecule has 2 heterocycles. The highest BCUT2D eigenvalue weighted by Gasteiger charge is 2.21. The Morgan fingerprint density at radius 2 is 2.12 bits per heavy atom. The summed E-state index contributed by atoms with van der Waals surface area (Å²) in [4.78, 5) is 8.87. The Morgan fingerprint density at radius 1 is 1.35 bits per heavy atom. The summed E-state index contributed by atoms with van der Waals surface area (Å²) in [5.74, 6) is 0. The van der Waals surface area contributed by atoms with Crippen LogP contribution in [-0.4, -0.2) is 16.0 Å². The Labute approximate surface area is 114 Å². The average molecular weight is 288 g/mol. The van der Waals surface area contributed by atoms with Gasteiger partial charge in [0.2, 0.25) is 0 Å². The molecule has 17 heavy (non-hydrogen) atoms. The van der Waals surface area contributed by atoms with Crippen molar-refractivity contribution in [3.05, 3.63) is 31.6 Å². The van der Waals surface area contributed by atoms with Crippen LogP contribution in [0.1, 0.15) is 35.6 Å². The molecule has 0 saturated carbocycles. The second-order valence-electron chi connectivity index (χ2n) is 4.08. The molecule has 92 valence electrons. The molecule has 2 rings (SSSR count). The standard InChI is InChI=1S/C11H14ClN3S2/c1-6(2)14-9(10-13-4-8(12)17-10)11-15-7(3)5-16-11/h4-6,9,14H,1-3H3. The lowest BCUT2D eigenvalue weighted by Gasteiger charge is -2.16. The molecule has 0 aliphatic heterocycles. The minimum atomic E-state index is 0.0474. The van der Waals surface area contributed by atoms with E-state index in [1.165, 1.54) is 11.3 Å². The van der Waals surface area contributed by atoms with Gasteiger partial charge in [-0.15, -0.1) is 22.7 Å². The molecule has 0 aliphatic rings. The highest BCUT2D eigenvalue weighted by molar-refractivity contribution is 7.16. The Hall–Kier alpha value is -0.490. The lowest BCUT2D eigenvalue weighted by molar-refractivity contribution is 0.525. The molecular weight excluding hydrogens is 274 g/mol. The van der Waals surface area contributed by atoms with Gasteiger partial charge >= 0.3 is 0 Å². The Kier molecular flexibility index (Phi) is 4.14. The summed E-state index contributed by atoms with van der Waals surface area (Å²) < 4.78 is 0.712. The van der Waals surface area contributed by atoms with E-state index >= 15 is 0 Å². The molecule has 0 aromatic carbocycles. The predicted octanol–water partition coefficient (Wildman–Crippen LogP) is 3.65. The molecule has 1 atom stereocenters. The summed E-state index contributed by atoms with van der Waals surface area (Å²) in [6.45, 7) is 6.23. The maximum absolute atomic E-state index is 5.94. The van der Waals surface area contributed by atoms with E-state index in [0.29, 0.717) is 10.4 Å². The normalized spacial score (nSPS) is 13.2. The fourth-order valence-electron chi connectivity index (χ4n) is 1.49. The van der Waals surface area contributed by atoms with Crippen LogP contribution in [0.15, 0.2) is 11.6 Å². The first-order valence-electron chi connectivity index (χ1n) is 5.35. The number of hydrogen-bond acceptors (Lipinski definition) is 5. The molecular formula is C11H14ClN3S2. The smallest absolute Gasteiger partial charge is 0.118 e. The van der Waals surface area contributed by atoms with Crippen LogP contribution < -0.4 is 5.32 Å². The van der Waals surface area contributed by atoms with E-state index in [1.54, 1.807) is 17.5 Å². The van der Waals surface area contributed by atoms with Crippen LogP contribution in [0.3, 0.4) is 0 Å². The quantitative estimate of drug-likeness (QED) is 0.933. The van der Waals surface area contributed by atoms with Crippen molar-refractivity contribution in [2.45, 2.75) is 32.9 Å². The van der Waals surface area contributed by atoms with Crippen LogP contribution in [0, 0.1) is 6.92 Å². The highest BCUT2D eigenvalue weighted by atomic mass is 35.5. The topological polar surface area (TPSA) is 37.8 Å². The molecule has 0 saturated heterocycles. The molecule has 3 nitrogen and oxygen atoms in total. The van der Waals surface area contributed by atoms with Crippen LogP contribution in [0.2, 0.25) is 4.34 Å². The number of nitrogens with one attached hydrogen (secondary N) is 1. The van der Waals surface area contributed by atoms with Crippen molar-refractivity contribution in [2.75, 3.05) is 0 Å². The van der Waals surface area contributed by atoms with E-state index in [9.17, 15) is 0 Å². The molecule has 0 spiro atoms. The zero-order valence-corrected chi connectivity index (χ0v) is 12.3. The van der Waals surface area contributed by atoms with Gasteiger partial charge in [0.15, 0.2) is 0 Å². The fourth-order valence-corrected chi connectivity index (χ4v) is 3.41. The van der Waals surface area contributed by atoms with Gasteiger partial charge in [0, 0.05) is 17.1 Å². The number of halogens is 1. The number of hydrogen-bond donors (Lipinski definition) is 1. The first-order chi connectivity index (χ1) is 8.06. The van der Waals surface area contributed by atoms with Gasteiger partial charge in [-0.05, 0) is 20.8 Å². The third-order valence-corrected chi connectivity index (χ3v) is 4.33. The maximum atomic E-state index is 5.94. The van der Waals surface area contributed by atoms with E-state index < -0.39 is 0 Å².